The number of phosphoric ester groups is 1. The number of carbonyl (C=O) groups excluding carboxylic acids is 2. The highest BCUT2D eigenvalue weighted by atomic mass is 31.2. The molecule has 11 nitrogen and oxygen atoms in total. The highest BCUT2D eigenvalue weighted by Crippen LogP contribution is 2.43. The number of aliphatic hydroxyl groups excluding tert-OH is 1. The molecule has 0 aliphatic heterocycles. The molecule has 0 radical (unpaired) electrons. The van der Waals surface area contributed by atoms with E-state index in [1.54, 1.807) is 0 Å². The molecule has 0 spiro atoms. The molecule has 0 aliphatic carbocycles. The molecule has 0 aromatic carbocycles. The van der Waals surface area contributed by atoms with Crippen LogP contribution in [0.25, 0.3) is 0 Å². The number of hydrogen-bond acceptors (Lipinski definition) is 8. The summed E-state index contributed by atoms with van der Waals surface area (Å²) in [6.07, 6.45) is 32.5. The lowest BCUT2D eigenvalue weighted by Crippen LogP contribution is -2.43. The van der Waals surface area contributed by atoms with Gasteiger partial charge in [0.2, 0.25) is 5.91 Å². The van der Waals surface area contributed by atoms with Crippen LogP contribution >= 0.6 is 7.82 Å². The summed E-state index contributed by atoms with van der Waals surface area (Å²) in [7, 11) is -4.73. The standard InChI is InChI=1S/C39H76NO10P/c1-3-5-7-8-9-10-11-12-13-14-15-16-17-18-19-20-21-22-23-24-25-26-27-29-30-37(42)40-36(39(44)45)34-50-51(46,47)49-33-35(41)32-48-38(43)31-28-6-4-2/h35-36,41H,3-34H2,1-2H3,(H,40,42)(H,44,45)(H,46,47). The fourth-order valence-corrected chi connectivity index (χ4v) is 6.68. The molecule has 0 bridgehead atoms. The lowest BCUT2D eigenvalue weighted by Gasteiger charge is -2.18. The Labute approximate surface area is 310 Å². The maximum atomic E-state index is 12.3. The Hall–Kier alpha value is -1.52. The first-order valence-electron chi connectivity index (χ1n) is 20.6. The second-order valence-corrected chi connectivity index (χ2v) is 15.6. The average Bonchev–Trinajstić information content (AvgIpc) is 3.10. The van der Waals surface area contributed by atoms with Crippen molar-refractivity contribution in [3.05, 3.63) is 0 Å². The van der Waals surface area contributed by atoms with Gasteiger partial charge in [-0.15, -0.1) is 0 Å². The quantitative estimate of drug-likeness (QED) is 0.0270. The SMILES string of the molecule is CCCCCCCCCCCCCCCCCCCCCCCCCCC(=O)NC(COP(=O)(O)OCC(O)COC(=O)CCCCC)C(=O)O. The van der Waals surface area contributed by atoms with Crippen LogP contribution in [0.3, 0.4) is 0 Å². The number of hydrogen-bond donors (Lipinski definition) is 4. The van der Waals surface area contributed by atoms with Crippen LogP contribution in [0.15, 0.2) is 0 Å². The number of amides is 1. The molecule has 0 aromatic rings. The predicted octanol–water partition coefficient (Wildman–Crippen LogP) is 9.95. The zero-order chi connectivity index (χ0) is 37.8. The van der Waals surface area contributed by atoms with E-state index in [0.29, 0.717) is 12.8 Å². The molecule has 12 heteroatoms. The number of nitrogens with one attached hydrogen (secondary N) is 1. The number of carbonyl (C=O) groups is 3. The number of phosphoric acid groups is 1. The van der Waals surface area contributed by atoms with Crippen LogP contribution in [0.2, 0.25) is 0 Å². The summed E-state index contributed by atoms with van der Waals surface area (Å²) in [6, 6.07) is -1.54. The molecule has 0 saturated heterocycles. The molecule has 0 aliphatic rings. The van der Waals surface area contributed by atoms with E-state index in [0.717, 1.165) is 32.1 Å². The smallest absolute Gasteiger partial charge is 0.472 e. The van der Waals surface area contributed by atoms with Gasteiger partial charge in [0.1, 0.15) is 12.7 Å². The van der Waals surface area contributed by atoms with Crippen LogP contribution in [0.4, 0.5) is 0 Å². The van der Waals surface area contributed by atoms with Gasteiger partial charge >= 0.3 is 19.8 Å². The van der Waals surface area contributed by atoms with Crippen LogP contribution < -0.4 is 5.32 Å². The van der Waals surface area contributed by atoms with Gasteiger partial charge in [-0.05, 0) is 12.8 Å². The Morgan fingerprint density at radius 3 is 1.31 bits per heavy atom. The first-order chi connectivity index (χ1) is 24.6. The molecule has 0 saturated carbocycles. The number of carboxylic acids is 1. The minimum absolute atomic E-state index is 0.152. The Morgan fingerprint density at radius 2 is 0.902 bits per heavy atom. The van der Waals surface area contributed by atoms with Crippen molar-refractivity contribution < 1.29 is 47.8 Å². The van der Waals surface area contributed by atoms with E-state index in [9.17, 15) is 34.1 Å². The van der Waals surface area contributed by atoms with Crippen molar-refractivity contribution in [2.75, 3.05) is 19.8 Å². The fourth-order valence-electron chi connectivity index (χ4n) is 5.90. The second kappa shape index (κ2) is 35.5. The van der Waals surface area contributed by atoms with Crippen molar-refractivity contribution in [1.82, 2.24) is 5.32 Å². The molecule has 0 heterocycles. The van der Waals surface area contributed by atoms with Gasteiger partial charge in [0.25, 0.3) is 0 Å². The molecule has 4 N–H and O–H groups in total. The summed E-state index contributed by atoms with van der Waals surface area (Å²) >= 11 is 0. The number of aliphatic hydroxyl groups is 1. The highest BCUT2D eigenvalue weighted by Gasteiger charge is 2.28. The Kier molecular flexibility index (Phi) is 34.4. The van der Waals surface area contributed by atoms with Gasteiger partial charge in [0.15, 0.2) is 6.04 Å². The van der Waals surface area contributed by atoms with Crippen molar-refractivity contribution in [3.8, 4) is 0 Å². The van der Waals surface area contributed by atoms with Crippen molar-refractivity contribution in [2.45, 2.75) is 212 Å². The summed E-state index contributed by atoms with van der Waals surface area (Å²) in [4.78, 5) is 45.3. The van der Waals surface area contributed by atoms with Gasteiger partial charge in [-0.1, -0.05) is 174 Å². The van der Waals surface area contributed by atoms with Gasteiger partial charge in [-0.2, -0.15) is 0 Å². The molecule has 0 rings (SSSR count). The van der Waals surface area contributed by atoms with E-state index >= 15 is 0 Å². The normalized spacial score (nSPS) is 13.8. The third-order valence-corrected chi connectivity index (χ3v) is 10.1. The van der Waals surface area contributed by atoms with Crippen molar-refractivity contribution in [3.63, 3.8) is 0 Å². The summed E-state index contributed by atoms with van der Waals surface area (Å²) in [5, 5.41) is 21.6. The second-order valence-electron chi connectivity index (χ2n) is 14.2. The van der Waals surface area contributed by atoms with Crippen LogP contribution in [0.1, 0.15) is 200 Å². The van der Waals surface area contributed by atoms with Crippen LogP contribution in [-0.2, 0) is 32.7 Å². The van der Waals surface area contributed by atoms with Gasteiger partial charge in [-0.25, -0.2) is 9.36 Å². The summed E-state index contributed by atoms with van der Waals surface area (Å²) in [5.41, 5.74) is 0. The minimum Gasteiger partial charge on any atom is -0.480 e. The maximum absolute atomic E-state index is 12.3. The van der Waals surface area contributed by atoms with E-state index in [-0.39, 0.29) is 12.8 Å². The topological polar surface area (TPSA) is 169 Å². The first-order valence-corrected chi connectivity index (χ1v) is 22.1. The summed E-state index contributed by atoms with van der Waals surface area (Å²) in [6.45, 7) is 2.39. The zero-order valence-electron chi connectivity index (χ0n) is 32.4. The number of esters is 1. The number of unbranched alkanes of at least 4 members (excludes halogenated alkanes) is 25. The van der Waals surface area contributed by atoms with Crippen molar-refractivity contribution in [2.24, 2.45) is 0 Å². The van der Waals surface area contributed by atoms with Gasteiger partial charge in [-0.3, -0.25) is 18.6 Å². The number of carboxylic acid groups (broad SMARTS) is 1. The van der Waals surface area contributed by atoms with E-state index in [4.69, 9.17) is 9.26 Å². The molecular formula is C39H76NO10P. The lowest BCUT2D eigenvalue weighted by atomic mass is 10.0. The fraction of sp³-hybridized carbons (Fsp3) is 0.923. The molecule has 0 fully saturated rings. The van der Waals surface area contributed by atoms with Gasteiger partial charge in [0.05, 0.1) is 13.2 Å². The largest absolute Gasteiger partial charge is 0.480 e. The molecule has 1 amide bonds. The average molecular weight is 750 g/mol. The van der Waals surface area contributed by atoms with Gasteiger partial charge < -0.3 is 25.2 Å². The van der Waals surface area contributed by atoms with Gasteiger partial charge in [0, 0.05) is 12.8 Å². The van der Waals surface area contributed by atoms with E-state index in [1.807, 2.05) is 6.92 Å². The van der Waals surface area contributed by atoms with E-state index in [2.05, 4.69) is 16.8 Å². The van der Waals surface area contributed by atoms with Crippen molar-refractivity contribution in [1.29, 1.82) is 0 Å². The molecule has 302 valence electrons. The summed E-state index contributed by atoms with van der Waals surface area (Å²) in [5.74, 6) is -2.38. The van der Waals surface area contributed by atoms with E-state index < -0.39 is 57.6 Å². The molecule has 3 atom stereocenters. The molecule has 51 heavy (non-hydrogen) atoms. The number of aliphatic carboxylic acids is 1. The molecule has 0 aromatic heterocycles. The third-order valence-electron chi connectivity index (χ3n) is 9.15. The van der Waals surface area contributed by atoms with Crippen molar-refractivity contribution >= 4 is 25.7 Å². The number of ether oxygens (including phenoxy) is 1. The Balaban J connectivity index is 3.72. The molecule has 3 unspecified atom stereocenters. The van der Waals surface area contributed by atoms with Crippen LogP contribution in [0, 0.1) is 0 Å². The summed E-state index contributed by atoms with van der Waals surface area (Å²) < 4.78 is 26.4. The Bertz CT molecular complexity index is 890. The van der Waals surface area contributed by atoms with E-state index in [1.165, 1.54) is 128 Å². The Morgan fingerprint density at radius 1 is 0.549 bits per heavy atom. The number of rotatable bonds is 39. The van der Waals surface area contributed by atoms with Crippen LogP contribution in [-0.4, -0.2) is 64.9 Å². The minimum atomic E-state index is -4.73. The molecular weight excluding hydrogens is 673 g/mol. The maximum Gasteiger partial charge on any atom is 0.472 e. The van der Waals surface area contributed by atoms with Crippen LogP contribution in [0.5, 0.6) is 0 Å². The third kappa shape index (κ3) is 35.3. The zero-order valence-corrected chi connectivity index (χ0v) is 33.3. The predicted molar refractivity (Wildman–Crippen MR) is 204 cm³/mol. The monoisotopic (exact) mass is 750 g/mol. The lowest BCUT2D eigenvalue weighted by molar-refractivity contribution is -0.147. The highest BCUT2D eigenvalue weighted by molar-refractivity contribution is 7.47. The first kappa shape index (κ1) is 49.5.